The van der Waals surface area contributed by atoms with Gasteiger partial charge in [0.05, 0.1) is 0 Å². The van der Waals surface area contributed by atoms with E-state index in [0.29, 0.717) is 6.61 Å². The van der Waals surface area contributed by atoms with Crippen LogP contribution in [0, 0.1) is 6.92 Å². The average molecular weight is 299 g/mol. The molecule has 1 aromatic heterocycles. The molecule has 1 aromatic carbocycles. The van der Waals surface area contributed by atoms with Crippen molar-refractivity contribution in [1.82, 2.24) is 9.97 Å². The minimum Gasteiger partial charge on any atom is -0.486 e. The molecule has 1 unspecified atom stereocenters. The van der Waals surface area contributed by atoms with Gasteiger partial charge in [-0.1, -0.05) is 12.1 Å². The van der Waals surface area contributed by atoms with Crippen LogP contribution < -0.4 is 14.4 Å². The Kier molecular flexibility index (Phi) is 4.13. The fourth-order valence-electron chi connectivity index (χ4n) is 2.54. The molecule has 0 fully saturated rings. The van der Waals surface area contributed by atoms with Gasteiger partial charge in [0.15, 0.2) is 11.5 Å². The van der Waals surface area contributed by atoms with Crippen molar-refractivity contribution in [2.75, 3.05) is 25.6 Å². The monoisotopic (exact) mass is 299 g/mol. The zero-order valence-electron chi connectivity index (χ0n) is 13.2. The molecule has 2 aromatic rings. The van der Waals surface area contributed by atoms with E-state index in [1.165, 1.54) is 0 Å². The Morgan fingerprint density at radius 2 is 2.00 bits per heavy atom. The van der Waals surface area contributed by atoms with Crippen molar-refractivity contribution in [3.8, 4) is 11.5 Å². The second kappa shape index (κ2) is 6.22. The van der Waals surface area contributed by atoms with E-state index in [2.05, 4.69) is 9.97 Å². The second-order valence-electron chi connectivity index (χ2n) is 5.72. The lowest BCUT2D eigenvalue weighted by Crippen LogP contribution is -2.29. The number of hydrogen-bond donors (Lipinski definition) is 0. The van der Waals surface area contributed by atoms with Crippen LogP contribution in [-0.2, 0) is 6.42 Å². The Balaban J connectivity index is 1.63. The van der Waals surface area contributed by atoms with Crippen LogP contribution in [-0.4, -0.2) is 36.8 Å². The zero-order valence-corrected chi connectivity index (χ0v) is 13.2. The van der Waals surface area contributed by atoms with E-state index in [0.717, 1.165) is 41.5 Å². The van der Waals surface area contributed by atoms with E-state index in [1.54, 1.807) is 0 Å². The van der Waals surface area contributed by atoms with Crippen LogP contribution in [0.2, 0.25) is 0 Å². The third-order valence-electron chi connectivity index (χ3n) is 3.68. The molecule has 1 aliphatic rings. The quantitative estimate of drug-likeness (QED) is 0.868. The summed E-state index contributed by atoms with van der Waals surface area (Å²) in [5.74, 6) is 3.45. The Hall–Kier alpha value is -2.30. The number of aryl methyl sites for hydroxylation is 2. The SMILES string of the molecule is Cc1cnc(CCC2COc3ccccc3O2)nc1N(C)C. The molecule has 0 bridgehead atoms. The maximum absolute atomic E-state index is 5.96. The molecule has 0 N–H and O–H groups in total. The highest BCUT2D eigenvalue weighted by Gasteiger charge is 2.20. The summed E-state index contributed by atoms with van der Waals surface area (Å²) >= 11 is 0. The molecule has 1 atom stereocenters. The highest BCUT2D eigenvalue weighted by atomic mass is 16.6. The molecule has 0 saturated heterocycles. The first-order valence-electron chi connectivity index (χ1n) is 7.52. The number of hydrogen-bond acceptors (Lipinski definition) is 5. The van der Waals surface area contributed by atoms with Crippen molar-refractivity contribution < 1.29 is 9.47 Å². The number of aromatic nitrogens is 2. The third-order valence-corrected chi connectivity index (χ3v) is 3.68. The highest BCUT2D eigenvalue weighted by Crippen LogP contribution is 2.31. The summed E-state index contributed by atoms with van der Waals surface area (Å²) in [6, 6.07) is 7.77. The van der Waals surface area contributed by atoms with Crippen LogP contribution in [0.5, 0.6) is 11.5 Å². The summed E-state index contributed by atoms with van der Waals surface area (Å²) in [6.45, 7) is 2.59. The number of nitrogens with zero attached hydrogens (tertiary/aromatic N) is 3. The van der Waals surface area contributed by atoms with E-state index >= 15 is 0 Å². The van der Waals surface area contributed by atoms with Gasteiger partial charge in [0.1, 0.15) is 24.4 Å². The first-order chi connectivity index (χ1) is 10.6. The molecule has 1 aliphatic heterocycles. The Labute approximate surface area is 130 Å². The molecule has 0 saturated carbocycles. The van der Waals surface area contributed by atoms with Crippen LogP contribution >= 0.6 is 0 Å². The van der Waals surface area contributed by atoms with Crippen molar-refractivity contribution >= 4 is 5.82 Å². The summed E-state index contributed by atoms with van der Waals surface area (Å²) in [4.78, 5) is 11.0. The zero-order chi connectivity index (χ0) is 15.5. The van der Waals surface area contributed by atoms with E-state index in [9.17, 15) is 0 Å². The summed E-state index contributed by atoms with van der Waals surface area (Å²) in [6.07, 6.45) is 3.54. The first-order valence-corrected chi connectivity index (χ1v) is 7.52. The van der Waals surface area contributed by atoms with Gasteiger partial charge in [-0.15, -0.1) is 0 Å². The maximum atomic E-state index is 5.96. The van der Waals surface area contributed by atoms with Crippen molar-refractivity contribution in [3.63, 3.8) is 0 Å². The van der Waals surface area contributed by atoms with Crippen LogP contribution in [0.4, 0.5) is 5.82 Å². The van der Waals surface area contributed by atoms with Gasteiger partial charge in [0.25, 0.3) is 0 Å². The molecule has 0 amide bonds. The normalized spacial score (nSPS) is 16.4. The number of anilines is 1. The van der Waals surface area contributed by atoms with Crippen molar-refractivity contribution in [3.05, 3.63) is 41.9 Å². The summed E-state index contributed by atoms with van der Waals surface area (Å²) in [5, 5.41) is 0. The molecule has 3 rings (SSSR count). The predicted molar refractivity (Wildman–Crippen MR) is 85.8 cm³/mol. The number of ether oxygens (including phenoxy) is 2. The maximum Gasteiger partial charge on any atom is 0.161 e. The first kappa shape index (κ1) is 14.6. The van der Waals surface area contributed by atoms with E-state index < -0.39 is 0 Å². The van der Waals surface area contributed by atoms with Crippen molar-refractivity contribution in [2.24, 2.45) is 0 Å². The molecule has 116 valence electrons. The minimum atomic E-state index is 0.0441. The van der Waals surface area contributed by atoms with Crippen LogP contribution in [0.15, 0.2) is 30.5 Å². The lowest BCUT2D eigenvalue weighted by atomic mass is 10.1. The van der Waals surface area contributed by atoms with E-state index in [1.807, 2.05) is 56.4 Å². The number of benzene rings is 1. The lowest BCUT2D eigenvalue weighted by molar-refractivity contribution is 0.0847. The van der Waals surface area contributed by atoms with Gasteiger partial charge in [-0.25, -0.2) is 9.97 Å². The molecule has 2 heterocycles. The van der Waals surface area contributed by atoms with E-state index in [-0.39, 0.29) is 6.10 Å². The van der Waals surface area contributed by atoms with Gasteiger partial charge >= 0.3 is 0 Å². The lowest BCUT2D eigenvalue weighted by Gasteiger charge is -2.26. The smallest absolute Gasteiger partial charge is 0.161 e. The van der Waals surface area contributed by atoms with Gasteiger partial charge in [-0.05, 0) is 25.5 Å². The van der Waals surface area contributed by atoms with Gasteiger partial charge in [-0.2, -0.15) is 0 Å². The predicted octanol–water partition coefficient (Wildman–Crippen LogP) is 2.62. The summed E-state index contributed by atoms with van der Waals surface area (Å²) in [7, 11) is 3.99. The molecule has 0 aliphatic carbocycles. The Bertz CT molecular complexity index is 658. The molecule has 5 nitrogen and oxygen atoms in total. The van der Waals surface area contributed by atoms with E-state index in [4.69, 9.17) is 9.47 Å². The molecule has 22 heavy (non-hydrogen) atoms. The van der Waals surface area contributed by atoms with Gasteiger partial charge in [0.2, 0.25) is 0 Å². The Morgan fingerprint density at radius 3 is 2.77 bits per heavy atom. The molecular formula is C17H21N3O2. The number of rotatable bonds is 4. The summed E-state index contributed by atoms with van der Waals surface area (Å²) < 4.78 is 11.7. The minimum absolute atomic E-state index is 0.0441. The van der Waals surface area contributed by atoms with Gasteiger partial charge < -0.3 is 14.4 Å². The number of para-hydroxylation sites is 2. The molecule has 5 heteroatoms. The van der Waals surface area contributed by atoms with Crippen LogP contribution in [0.1, 0.15) is 17.8 Å². The van der Waals surface area contributed by atoms with Crippen molar-refractivity contribution in [1.29, 1.82) is 0 Å². The van der Waals surface area contributed by atoms with Crippen molar-refractivity contribution in [2.45, 2.75) is 25.9 Å². The van der Waals surface area contributed by atoms with Gasteiger partial charge in [0, 0.05) is 32.3 Å². The number of fused-ring (bicyclic) bond motifs is 1. The molecule has 0 radical (unpaired) electrons. The van der Waals surface area contributed by atoms with Crippen LogP contribution in [0.25, 0.3) is 0 Å². The Morgan fingerprint density at radius 1 is 1.23 bits per heavy atom. The van der Waals surface area contributed by atoms with Crippen LogP contribution in [0.3, 0.4) is 0 Å². The average Bonchev–Trinajstić information content (AvgIpc) is 2.53. The molecular weight excluding hydrogens is 278 g/mol. The standard InChI is InChI=1S/C17H21N3O2/c1-12-10-18-16(19-17(12)20(2)3)9-8-13-11-21-14-6-4-5-7-15(14)22-13/h4-7,10,13H,8-9,11H2,1-3H3. The summed E-state index contributed by atoms with van der Waals surface area (Å²) in [5.41, 5.74) is 1.08. The largest absolute Gasteiger partial charge is 0.486 e. The highest BCUT2D eigenvalue weighted by molar-refractivity contribution is 5.43. The van der Waals surface area contributed by atoms with Gasteiger partial charge in [-0.3, -0.25) is 0 Å². The molecule has 0 spiro atoms. The fourth-order valence-corrected chi connectivity index (χ4v) is 2.54. The fraction of sp³-hybridized carbons (Fsp3) is 0.412. The second-order valence-corrected chi connectivity index (χ2v) is 5.72. The topological polar surface area (TPSA) is 47.5 Å². The third kappa shape index (κ3) is 3.13.